The van der Waals surface area contributed by atoms with Crippen molar-refractivity contribution in [2.75, 3.05) is 52.9 Å². The molecule has 0 aromatic heterocycles. The van der Waals surface area contributed by atoms with Gasteiger partial charge in [0.2, 0.25) is 0 Å². The van der Waals surface area contributed by atoms with E-state index in [0.29, 0.717) is 38.6 Å². The number of unbranched alkanes of at least 4 members (excludes halogenated alkanes) is 2. The second-order valence-electron chi connectivity index (χ2n) is 12.1. The van der Waals surface area contributed by atoms with Crippen LogP contribution in [-0.4, -0.2) is 77.5 Å². The minimum atomic E-state index is 0.324. The number of epoxide rings is 2. The Hall–Kier alpha value is -4.74. The topological polar surface area (TPSA) is 111 Å². The molecule has 2 aliphatic rings. The maximum atomic E-state index is 5.83. The van der Waals surface area contributed by atoms with Crippen molar-refractivity contribution in [2.45, 2.75) is 37.9 Å². The number of hydrogen-bond acceptors (Lipinski definition) is 10. The minimum absolute atomic E-state index is 0.324. The van der Waals surface area contributed by atoms with Crippen molar-refractivity contribution in [3.05, 3.63) is 108 Å². The van der Waals surface area contributed by atoms with Crippen LogP contribution in [0.4, 0.5) is 22.7 Å². The molecule has 0 amide bonds. The van der Waals surface area contributed by atoms with Gasteiger partial charge in [0.25, 0.3) is 0 Å². The fraction of sp³-hybridized carbons (Fsp3) is 0.350. The first-order chi connectivity index (χ1) is 24.7. The van der Waals surface area contributed by atoms with Gasteiger partial charge in [-0.25, -0.2) is 0 Å². The summed E-state index contributed by atoms with van der Waals surface area (Å²) in [5.41, 5.74) is 5.16. The molecule has 10 heteroatoms. The van der Waals surface area contributed by atoms with E-state index < -0.39 is 0 Å². The molecule has 0 bridgehead atoms. The third-order valence-electron chi connectivity index (χ3n) is 7.78. The van der Waals surface area contributed by atoms with Crippen LogP contribution in [0.2, 0.25) is 0 Å². The molecule has 50 heavy (non-hydrogen) atoms. The highest BCUT2D eigenvalue weighted by Gasteiger charge is 2.22. The highest BCUT2D eigenvalue weighted by atomic mass is 16.6. The number of nitrogens with zero attached hydrogens (tertiary/aromatic N) is 4. The Morgan fingerprint density at radius 2 is 0.840 bits per heavy atom. The van der Waals surface area contributed by atoms with Gasteiger partial charge in [-0.05, 0) is 134 Å². The Kier molecular flexibility index (Phi) is 13.7. The van der Waals surface area contributed by atoms with Gasteiger partial charge in [-0.1, -0.05) is 0 Å². The first-order valence-corrected chi connectivity index (χ1v) is 17.3. The average molecular weight is 677 g/mol. The molecule has 0 N–H and O–H groups in total. The van der Waals surface area contributed by atoms with Gasteiger partial charge < -0.3 is 28.4 Å². The van der Waals surface area contributed by atoms with E-state index in [0.717, 1.165) is 97.5 Å². The van der Waals surface area contributed by atoms with Crippen LogP contribution in [-0.2, 0) is 18.9 Å². The van der Waals surface area contributed by atoms with Crippen LogP contribution in [0, 0.1) is 0 Å². The van der Waals surface area contributed by atoms with E-state index in [1.165, 1.54) is 0 Å². The van der Waals surface area contributed by atoms with E-state index in [4.69, 9.17) is 28.4 Å². The summed E-state index contributed by atoms with van der Waals surface area (Å²) in [6, 6.07) is 31.1. The smallest absolute Gasteiger partial charge is 0.119 e. The molecule has 0 radical (unpaired) electrons. The molecule has 4 aromatic carbocycles. The number of rotatable bonds is 22. The maximum absolute atomic E-state index is 5.83. The largest absolute Gasteiger partial charge is 0.494 e. The van der Waals surface area contributed by atoms with Gasteiger partial charge in [0.15, 0.2) is 0 Å². The average Bonchev–Trinajstić information content (AvgIpc) is 4.10. The van der Waals surface area contributed by atoms with Gasteiger partial charge in [-0.2, -0.15) is 10.2 Å². The number of benzene rings is 4. The molecule has 260 valence electrons. The van der Waals surface area contributed by atoms with Gasteiger partial charge in [0.05, 0.1) is 62.4 Å². The summed E-state index contributed by atoms with van der Waals surface area (Å²) in [5, 5.41) is 8.73. The van der Waals surface area contributed by atoms with Gasteiger partial charge in [-0.3, -0.25) is 9.98 Å². The standard InChI is InChI=1S/C40H44N4O6/c1(21-45-27-39-29-49-39)3-23-47-37-17-5-31(6-18-37)25-41-33-9-13-35(14-10-33)43-44-36-15-11-34(12-16-36)42-26-32-7-19-38(20-8-32)48-24-4-2-22-46-28-40-30-50-40/h5-20,25-26,39-40H,1-4,21-24,27-30H2. The second-order valence-corrected chi connectivity index (χ2v) is 12.1. The van der Waals surface area contributed by atoms with E-state index >= 15 is 0 Å². The van der Waals surface area contributed by atoms with Crippen LogP contribution < -0.4 is 9.47 Å². The van der Waals surface area contributed by atoms with Crippen molar-refractivity contribution in [3.8, 4) is 11.5 Å². The second kappa shape index (κ2) is 19.4. The molecule has 2 saturated heterocycles. The Morgan fingerprint density at radius 1 is 0.480 bits per heavy atom. The molecule has 2 atom stereocenters. The van der Waals surface area contributed by atoms with E-state index in [-0.39, 0.29) is 0 Å². The highest BCUT2D eigenvalue weighted by molar-refractivity contribution is 5.82. The van der Waals surface area contributed by atoms with Gasteiger partial charge >= 0.3 is 0 Å². The van der Waals surface area contributed by atoms with Crippen LogP contribution in [0.3, 0.4) is 0 Å². The molecule has 0 aliphatic carbocycles. The lowest BCUT2D eigenvalue weighted by Gasteiger charge is -2.06. The molecule has 2 unspecified atom stereocenters. The molecular formula is C40H44N4O6. The normalized spacial score (nSPS) is 16.8. The van der Waals surface area contributed by atoms with E-state index in [1.807, 2.05) is 109 Å². The summed E-state index contributed by atoms with van der Waals surface area (Å²) >= 11 is 0. The third-order valence-corrected chi connectivity index (χ3v) is 7.78. The third kappa shape index (κ3) is 13.3. The molecule has 4 aromatic rings. The summed E-state index contributed by atoms with van der Waals surface area (Å²) < 4.78 is 33.0. The predicted molar refractivity (Wildman–Crippen MR) is 195 cm³/mol. The summed E-state index contributed by atoms with van der Waals surface area (Å²) in [6.07, 6.45) is 8.18. The lowest BCUT2D eigenvalue weighted by atomic mass is 10.2. The molecule has 2 heterocycles. The number of aliphatic imine (C=N–C) groups is 2. The van der Waals surface area contributed by atoms with Crippen molar-refractivity contribution in [1.82, 2.24) is 0 Å². The fourth-order valence-corrected chi connectivity index (χ4v) is 4.68. The van der Waals surface area contributed by atoms with Gasteiger partial charge in [0, 0.05) is 25.6 Å². The quantitative estimate of drug-likeness (QED) is 0.0356. The number of azo groups is 1. The molecule has 10 nitrogen and oxygen atoms in total. The fourth-order valence-electron chi connectivity index (χ4n) is 4.68. The number of hydrogen-bond donors (Lipinski definition) is 0. The minimum Gasteiger partial charge on any atom is -0.494 e. The molecule has 2 aliphatic heterocycles. The highest BCUT2D eigenvalue weighted by Crippen LogP contribution is 2.24. The predicted octanol–water partition coefficient (Wildman–Crippen LogP) is 8.75. The van der Waals surface area contributed by atoms with E-state index in [1.54, 1.807) is 0 Å². The summed E-state index contributed by atoms with van der Waals surface area (Å²) in [6.45, 7) is 5.91. The molecule has 0 spiro atoms. The lowest BCUT2D eigenvalue weighted by molar-refractivity contribution is 0.110. The monoisotopic (exact) mass is 676 g/mol. The Morgan fingerprint density at radius 3 is 1.22 bits per heavy atom. The lowest BCUT2D eigenvalue weighted by Crippen LogP contribution is -2.04. The zero-order valence-corrected chi connectivity index (χ0v) is 28.3. The Balaban J connectivity index is 0.867. The molecular weight excluding hydrogens is 632 g/mol. The first kappa shape index (κ1) is 35.1. The Bertz CT molecular complexity index is 1530. The van der Waals surface area contributed by atoms with Crippen LogP contribution >= 0.6 is 0 Å². The van der Waals surface area contributed by atoms with Gasteiger partial charge in [0.1, 0.15) is 23.7 Å². The number of ether oxygens (including phenoxy) is 6. The van der Waals surface area contributed by atoms with Crippen molar-refractivity contribution >= 4 is 35.2 Å². The Labute approximate surface area is 293 Å². The van der Waals surface area contributed by atoms with Crippen LogP contribution in [0.5, 0.6) is 11.5 Å². The summed E-state index contributed by atoms with van der Waals surface area (Å²) in [7, 11) is 0. The molecule has 0 saturated carbocycles. The molecule has 6 rings (SSSR count). The zero-order chi connectivity index (χ0) is 34.1. The van der Waals surface area contributed by atoms with E-state index in [2.05, 4.69) is 20.2 Å². The SMILES string of the molecule is C(=Nc1ccc(N=Nc2ccc(N=Cc3ccc(OCCCCOCC4CO4)cc3)cc2)cc1)c1ccc(OCCCCOCC2CO2)cc1. The maximum Gasteiger partial charge on any atom is 0.119 e. The van der Waals surface area contributed by atoms with Crippen molar-refractivity contribution < 1.29 is 28.4 Å². The van der Waals surface area contributed by atoms with Crippen LogP contribution in [0.25, 0.3) is 0 Å². The van der Waals surface area contributed by atoms with Crippen LogP contribution in [0.15, 0.2) is 117 Å². The summed E-state index contributed by atoms with van der Waals surface area (Å²) in [5.74, 6) is 1.70. The van der Waals surface area contributed by atoms with Crippen LogP contribution in [0.1, 0.15) is 36.8 Å². The van der Waals surface area contributed by atoms with Crippen molar-refractivity contribution in [3.63, 3.8) is 0 Å². The van der Waals surface area contributed by atoms with E-state index in [9.17, 15) is 0 Å². The van der Waals surface area contributed by atoms with Crippen molar-refractivity contribution in [1.29, 1.82) is 0 Å². The van der Waals surface area contributed by atoms with Crippen molar-refractivity contribution in [2.24, 2.45) is 20.2 Å². The first-order valence-electron chi connectivity index (χ1n) is 17.3. The summed E-state index contributed by atoms with van der Waals surface area (Å²) in [4.78, 5) is 9.16. The zero-order valence-electron chi connectivity index (χ0n) is 28.3. The van der Waals surface area contributed by atoms with Gasteiger partial charge in [-0.15, -0.1) is 0 Å². The molecule has 2 fully saturated rings.